The standard InChI is InChI=1S/C49H50N2O7/c1-54-46(52)33-51(32-42-26-16-28-44(55-34-38-18-6-2-7-19-38)47(42)57-36-40-22-10-4-11-23-40)31-15-14-30-50-49(53)43-27-17-29-45(56-35-39-20-8-3-9-21-39)48(43)58-37-41-24-12-5-13-25-41/h2-13,16-29H,14-15,30-37H2,1H3,(H,50,53). The Kier molecular flexibility index (Phi) is 15.7. The van der Waals surface area contributed by atoms with Crippen LogP contribution in [0, 0.1) is 0 Å². The van der Waals surface area contributed by atoms with Gasteiger partial charge in [0.05, 0.1) is 19.2 Å². The fourth-order valence-electron chi connectivity index (χ4n) is 6.31. The number of carbonyl (C=O) groups is 2. The largest absolute Gasteiger partial charge is 0.485 e. The maximum absolute atomic E-state index is 13.7. The quantitative estimate of drug-likeness (QED) is 0.0539. The van der Waals surface area contributed by atoms with Gasteiger partial charge in [-0.1, -0.05) is 140 Å². The van der Waals surface area contributed by atoms with Gasteiger partial charge in [0.15, 0.2) is 23.0 Å². The minimum absolute atomic E-state index is 0.0912. The van der Waals surface area contributed by atoms with Crippen LogP contribution in [0.3, 0.4) is 0 Å². The number of benzene rings is 6. The zero-order chi connectivity index (χ0) is 40.2. The molecule has 9 nitrogen and oxygen atoms in total. The number of nitrogens with zero attached hydrogens (tertiary/aromatic N) is 1. The summed E-state index contributed by atoms with van der Waals surface area (Å²) < 4.78 is 30.3. The number of para-hydroxylation sites is 2. The molecule has 9 heteroatoms. The van der Waals surface area contributed by atoms with Crippen LogP contribution < -0.4 is 24.3 Å². The molecule has 0 atom stereocenters. The fourth-order valence-corrected chi connectivity index (χ4v) is 6.31. The van der Waals surface area contributed by atoms with E-state index in [2.05, 4.69) is 5.32 Å². The molecule has 0 saturated carbocycles. The van der Waals surface area contributed by atoms with Gasteiger partial charge in [0.1, 0.15) is 26.4 Å². The summed E-state index contributed by atoms with van der Waals surface area (Å²) in [6.45, 7) is 2.87. The summed E-state index contributed by atoms with van der Waals surface area (Å²) >= 11 is 0. The molecule has 1 N–H and O–H groups in total. The monoisotopic (exact) mass is 778 g/mol. The van der Waals surface area contributed by atoms with Crippen molar-refractivity contribution < 1.29 is 33.3 Å². The summed E-state index contributed by atoms with van der Waals surface area (Å²) in [5.41, 5.74) is 5.34. The number of nitrogens with one attached hydrogen (secondary N) is 1. The van der Waals surface area contributed by atoms with Crippen LogP contribution in [0.4, 0.5) is 0 Å². The molecule has 1 amide bonds. The van der Waals surface area contributed by atoms with E-state index in [1.54, 1.807) is 12.1 Å². The van der Waals surface area contributed by atoms with Gasteiger partial charge in [-0.05, 0) is 59.8 Å². The predicted molar refractivity (Wildman–Crippen MR) is 225 cm³/mol. The van der Waals surface area contributed by atoms with Gasteiger partial charge in [0.25, 0.3) is 5.91 Å². The number of hydrogen-bond acceptors (Lipinski definition) is 8. The zero-order valence-corrected chi connectivity index (χ0v) is 32.9. The van der Waals surface area contributed by atoms with Gasteiger partial charge in [0, 0.05) is 18.7 Å². The lowest BCUT2D eigenvalue weighted by Crippen LogP contribution is -2.32. The van der Waals surface area contributed by atoms with E-state index >= 15 is 0 Å². The minimum Gasteiger partial charge on any atom is -0.485 e. The van der Waals surface area contributed by atoms with Gasteiger partial charge in [-0.25, -0.2) is 0 Å². The van der Waals surface area contributed by atoms with Crippen LogP contribution in [0.15, 0.2) is 158 Å². The molecule has 0 aliphatic carbocycles. The first-order chi connectivity index (χ1) is 28.6. The number of hydrogen-bond donors (Lipinski definition) is 1. The predicted octanol–water partition coefficient (Wildman–Crippen LogP) is 9.19. The van der Waals surface area contributed by atoms with Crippen molar-refractivity contribution >= 4 is 11.9 Å². The molecule has 0 saturated heterocycles. The van der Waals surface area contributed by atoms with Gasteiger partial charge in [-0.2, -0.15) is 0 Å². The average molecular weight is 779 g/mol. The second-order valence-electron chi connectivity index (χ2n) is 13.7. The van der Waals surface area contributed by atoms with E-state index < -0.39 is 0 Å². The topological polar surface area (TPSA) is 95.6 Å². The van der Waals surface area contributed by atoms with Crippen LogP contribution in [0.5, 0.6) is 23.0 Å². The number of amides is 1. The summed E-state index contributed by atoms with van der Waals surface area (Å²) in [7, 11) is 1.39. The fraction of sp³-hybridized carbons (Fsp3) is 0.224. The highest BCUT2D eigenvalue weighted by atomic mass is 16.5. The number of esters is 1. The second kappa shape index (κ2) is 22.2. The van der Waals surface area contributed by atoms with Crippen molar-refractivity contribution in [2.75, 3.05) is 26.7 Å². The minimum atomic E-state index is -0.339. The number of ether oxygens (including phenoxy) is 5. The lowest BCUT2D eigenvalue weighted by molar-refractivity contribution is -0.142. The van der Waals surface area contributed by atoms with E-state index in [1.165, 1.54) is 7.11 Å². The Balaban J connectivity index is 1.10. The highest BCUT2D eigenvalue weighted by Crippen LogP contribution is 2.35. The maximum atomic E-state index is 13.7. The van der Waals surface area contributed by atoms with Gasteiger partial charge in [-0.3, -0.25) is 14.5 Å². The van der Waals surface area contributed by atoms with Crippen molar-refractivity contribution in [2.45, 2.75) is 45.8 Å². The maximum Gasteiger partial charge on any atom is 0.319 e. The van der Waals surface area contributed by atoms with Crippen LogP contribution in [-0.2, 0) is 42.5 Å². The first-order valence-corrected chi connectivity index (χ1v) is 19.5. The molecule has 6 aromatic carbocycles. The third-order valence-corrected chi connectivity index (χ3v) is 9.37. The van der Waals surface area contributed by atoms with Crippen molar-refractivity contribution in [2.24, 2.45) is 0 Å². The third kappa shape index (κ3) is 12.7. The first-order valence-electron chi connectivity index (χ1n) is 19.5. The molecule has 6 aromatic rings. The smallest absolute Gasteiger partial charge is 0.319 e. The molecule has 58 heavy (non-hydrogen) atoms. The number of rotatable bonds is 22. The van der Waals surface area contributed by atoms with Crippen molar-refractivity contribution in [3.63, 3.8) is 0 Å². The molecule has 298 valence electrons. The van der Waals surface area contributed by atoms with Crippen LogP contribution in [-0.4, -0.2) is 43.5 Å². The molecule has 0 bridgehead atoms. The number of carbonyl (C=O) groups excluding carboxylic acids is 2. The van der Waals surface area contributed by atoms with Crippen LogP contribution in [0.2, 0.25) is 0 Å². The summed E-state index contributed by atoms with van der Waals surface area (Å²) in [4.78, 5) is 28.3. The molecule has 0 spiro atoms. The SMILES string of the molecule is COC(=O)CN(CCCCNC(=O)c1cccc(OCc2ccccc2)c1OCc1ccccc1)Cc1cccc(OCc2ccccc2)c1OCc1ccccc1. The van der Waals surface area contributed by atoms with Crippen molar-refractivity contribution in [1.29, 1.82) is 0 Å². The van der Waals surface area contributed by atoms with E-state index in [1.807, 2.05) is 150 Å². The van der Waals surface area contributed by atoms with E-state index in [9.17, 15) is 9.59 Å². The Labute approximate surface area is 341 Å². The molecular weight excluding hydrogens is 729 g/mol. The Hall–Kier alpha value is -6.58. The lowest BCUT2D eigenvalue weighted by atomic mass is 10.1. The van der Waals surface area contributed by atoms with E-state index in [-0.39, 0.29) is 25.0 Å². The Morgan fingerprint density at radius 3 is 1.50 bits per heavy atom. The molecule has 0 aliphatic rings. The summed E-state index contributed by atoms with van der Waals surface area (Å²) in [5.74, 6) is 1.54. The van der Waals surface area contributed by atoms with Crippen LogP contribution in [0.25, 0.3) is 0 Å². The number of unbranched alkanes of at least 4 members (excludes halogenated alkanes) is 1. The van der Waals surface area contributed by atoms with Crippen molar-refractivity contribution in [1.82, 2.24) is 10.2 Å². The summed E-state index contributed by atoms with van der Waals surface area (Å²) in [6.07, 6.45) is 1.38. The summed E-state index contributed by atoms with van der Waals surface area (Å²) in [6, 6.07) is 50.8. The van der Waals surface area contributed by atoms with Gasteiger partial charge >= 0.3 is 5.97 Å². The van der Waals surface area contributed by atoms with Crippen molar-refractivity contribution in [3.8, 4) is 23.0 Å². The molecule has 0 radical (unpaired) electrons. The normalized spacial score (nSPS) is 10.8. The van der Waals surface area contributed by atoms with E-state index in [0.717, 1.165) is 27.8 Å². The Morgan fingerprint density at radius 1 is 0.517 bits per heavy atom. The molecule has 0 heterocycles. The Morgan fingerprint density at radius 2 is 0.983 bits per heavy atom. The average Bonchev–Trinajstić information content (AvgIpc) is 3.27. The van der Waals surface area contributed by atoms with Gasteiger partial charge in [0.2, 0.25) is 0 Å². The van der Waals surface area contributed by atoms with Crippen LogP contribution >= 0.6 is 0 Å². The zero-order valence-electron chi connectivity index (χ0n) is 32.9. The second-order valence-corrected chi connectivity index (χ2v) is 13.7. The highest BCUT2D eigenvalue weighted by Gasteiger charge is 2.20. The third-order valence-electron chi connectivity index (χ3n) is 9.37. The molecule has 6 rings (SSSR count). The molecule has 0 aromatic heterocycles. The lowest BCUT2D eigenvalue weighted by Gasteiger charge is -2.24. The van der Waals surface area contributed by atoms with Crippen molar-refractivity contribution in [3.05, 3.63) is 191 Å². The molecule has 0 aliphatic heterocycles. The van der Waals surface area contributed by atoms with E-state index in [4.69, 9.17) is 23.7 Å². The van der Waals surface area contributed by atoms with Gasteiger partial charge < -0.3 is 29.0 Å². The molecule has 0 unspecified atom stereocenters. The summed E-state index contributed by atoms with van der Waals surface area (Å²) in [5, 5.41) is 3.07. The first kappa shape index (κ1) is 41.1. The number of methoxy groups -OCH3 is 1. The Bertz CT molecular complexity index is 2150. The van der Waals surface area contributed by atoms with Gasteiger partial charge in [-0.15, -0.1) is 0 Å². The highest BCUT2D eigenvalue weighted by molar-refractivity contribution is 5.97. The molecule has 0 fully saturated rings. The molecular formula is C49H50N2O7. The van der Waals surface area contributed by atoms with Crippen LogP contribution in [0.1, 0.15) is 51.0 Å². The van der Waals surface area contributed by atoms with E-state index in [0.29, 0.717) is 80.9 Å².